The first-order chi connectivity index (χ1) is 11.2. The number of aromatic nitrogens is 3. The Morgan fingerprint density at radius 1 is 1.30 bits per heavy atom. The van der Waals surface area contributed by atoms with Gasteiger partial charge in [-0.2, -0.15) is 0 Å². The summed E-state index contributed by atoms with van der Waals surface area (Å²) in [4.78, 5) is 11.1. The third kappa shape index (κ3) is 3.07. The van der Waals surface area contributed by atoms with Gasteiger partial charge in [-0.3, -0.25) is 9.36 Å². The van der Waals surface area contributed by atoms with E-state index in [1.807, 2.05) is 24.3 Å². The number of amides is 1. The number of furan rings is 1. The van der Waals surface area contributed by atoms with E-state index in [0.717, 1.165) is 5.69 Å². The van der Waals surface area contributed by atoms with Crippen molar-refractivity contribution in [2.75, 3.05) is 12.9 Å². The molecule has 1 aromatic carbocycles. The summed E-state index contributed by atoms with van der Waals surface area (Å²) in [6.45, 7) is 0. The van der Waals surface area contributed by atoms with E-state index in [9.17, 15) is 4.79 Å². The Hall–Kier alpha value is -2.74. The molecule has 2 aromatic heterocycles. The van der Waals surface area contributed by atoms with Crippen LogP contribution in [0.4, 0.5) is 0 Å². The topological polar surface area (TPSA) is 96.2 Å². The number of carbonyl (C=O) groups excluding carboxylic acids is 1. The molecule has 0 unspecified atom stereocenters. The minimum absolute atomic E-state index is 0.103. The van der Waals surface area contributed by atoms with Gasteiger partial charge in [0.15, 0.2) is 10.9 Å². The smallest absolute Gasteiger partial charge is 0.227 e. The van der Waals surface area contributed by atoms with E-state index in [-0.39, 0.29) is 5.75 Å². The van der Waals surface area contributed by atoms with Crippen molar-refractivity contribution in [2.45, 2.75) is 5.16 Å². The van der Waals surface area contributed by atoms with Crippen LogP contribution in [0.5, 0.6) is 5.75 Å². The SMILES string of the molecule is COc1ccccc1-n1c(SCC(N)=O)nnc1-c1ccco1. The van der Waals surface area contributed by atoms with Gasteiger partial charge in [0.2, 0.25) is 11.7 Å². The lowest BCUT2D eigenvalue weighted by Gasteiger charge is -2.12. The number of carbonyl (C=O) groups is 1. The molecule has 0 aliphatic heterocycles. The molecule has 8 heteroatoms. The molecular weight excluding hydrogens is 316 g/mol. The zero-order valence-corrected chi connectivity index (χ0v) is 13.1. The fourth-order valence-electron chi connectivity index (χ4n) is 2.10. The van der Waals surface area contributed by atoms with E-state index in [4.69, 9.17) is 14.9 Å². The molecule has 23 heavy (non-hydrogen) atoms. The lowest BCUT2D eigenvalue weighted by molar-refractivity contribution is -0.115. The molecule has 3 aromatic rings. The number of thioether (sulfide) groups is 1. The number of benzene rings is 1. The number of nitrogens with zero attached hydrogens (tertiary/aromatic N) is 3. The van der Waals surface area contributed by atoms with Gasteiger partial charge in [-0.25, -0.2) is 0 Å². The third-order valence-electron chi connectivity index (χ3n) is 3.04. The molecule has 1 amide bonds. The highest BCUT2D eigenvalue weighted by molar-refractivity contribution is 7.99. The van der Waals surface area contributed by atoms with Crippen LogP contribution >= 0.6 is 11.8 Å². The van der Waals surface area contributed by atoms with E-state index in [1.54, 1.807) is 30.1 Å². The second kappa shape index (κ2) is 6.57. The molecule has 0 radical (unpaired) electrons. The summed E-state index contributed by atoms with van der Waals surface area (Å²) in [7, 11) is 1.59. The van der Waals surface area contributed by atoms with Crippen LogP contribution in [0.25, 0.3) is 17.3 Å². The molecule has 0 spiro atoms. The summed E-state index contributed by atoms with van der Waals surface area (Å²) in [6, 6.07) is 11.0. The Balaban J connectivity index is 2.14. The molecule has 7 nitrogen and oxygen atoms in total. The van der Waals surface area contributed by atoms with Crippen LogP contribution < -0.4 is 10.5 Å². The summed E-state index contributed by atoms with van der Waals surface area (Å²) in [5.41, 5.74) is 5.97. The van der Waals surface area contributed by atoms with Crippen LogP contribution in [0.1, 0.15) is 0 Å². The van der Waals surface area contributed by atoms with E-state index in [0.29, 0.717) is 22.5 Å². The Labute approximate surface area is 136 Å². The number of methoxy groups -OCH3 is 1. The van der Waals surface area contributed by atoms with Gasteiger partial charge < -0.3 is 14.9 Å². The number of rotatable bonds is 6. The summed E-state index contributed by atoms with van der Waals surface area (Å²) in [5, 5.41) is 8.86. The number of hydrogen-bond donors (Lipinski definition) is 1. The van der Waals surface area contributed by atoms with E-state index < -0.39 is 5.91 Å². The molecule has 0 fully saturated rings. The van der Waals surface area contributed by atoms with Crippen LogP contribution in [0.2, 0.25) is 0 Å². The third-order valence-corrected chi connectivity index (χ3v) is 4.00. The van der Waals surface area contributed by atoms with Crippen molar-refractivity contribution in [3.05, 3.63) is 42.7 Å². The second-order valence-corrected chi connectivity index (χ2v) is 5.49. The molecule has 2 N–H and O–H groups in total. The molecule has 0 saturated heterocycles. The van der Waals surface area contributed by atoms with Gasteiger partial charge in [0.05, 0.1) is 24.8 Å². The standard InChI is InChI=1S/C15H14N4O3S/c1-21-11-6-3-2-5-10(11)19-14(12-7-4-8-22-12)17-18-15(19)23-9-13(16)20/h2-8H,9H2,1H3,(H2,16,20). The van der Waals surface area contributed by atoms with E-state index in [1.165, 1.54) is 11.8 Å². The maximum Gasteiger partial charge on any atom is 0.227 e. The molecule has 118 valence electrons. The summed E-state index contributed by atoms with van der Waals surface area (Å²) in [5.74, 6) is 1.41. The van der Waals surface area contributed by atoms with Crippen LogP contribution in [0.15, 0.2) is 52.2 Å². The summed E-state index contributed by atoms with van der Waals surface area (Å²) >= 11 is 1.20. The highest BCUT2D eigenvalue weighted by atomic mass is 32.2. The number of hydrogen-bond acceptors (Lipinski definition) is 6. The number of primary amides is 1. The van der Waals surface area contributed by atoms with Crippen molar-refractivity contribution in [3.8, 4) is 23.0 Å². The molecule has 0 saturated carbocycles. The van der Waals surface area contributed by atoms with Crippen molar-refractivity contribution in [2.24, 2.45) is 5.73 Å². The first-order valence-electron chi connectivity index (χ1n) is 6.74. The van der Waals surface area contributed by atoms with E-state index in [2.05, 4.69) is 10.2 Å². The molecule has 0 aliphatic rings. The van der Waals surface area contributed by atoms with Crippen molar-refractivity contribution in [3.63, 3.8) is 0 Å². The van der Waals surface area contributed by atoms with Gasteiger partial charge in [-0.15, -0.1) is 10.2 Å². The van der Waals surface area contributed by atoms with Crippen molar-refractivity contribution >= 4 is 17.7 Å². The summed E-state index contributed by atoms with van der Waals surface area (Å²) < 4.78 is 12.6. The average molecular weight is 330 g/mol. The molecule has 3 rings (SSSR count). The predicted octanol–water partition coefficient (Wildman–Crippen LogP) is 2.11. The largest absolute Gasteiger partial charge is 0.495 e. The minimum atomic E-state index is -0.427. The van der Waals surface area contributed by atoms with Crippen molar-refractivity contribution in [1.82, 2.24) is 14.8 Å². The van der Waals surface area contributed by atoms with Crippen LogP contribution in [0.3, 0.4) is 0 Å². The van der Waals surface area contributed by atoms with Crippen LogP contribution in [0, 0.1) is 0 Å². The van der Waals surface area contributed by atoms with Crippen molar-refractivity contribution in [1.29, 1.82) is 0 Å². The van der Waals surface area contributed by atoms with Gasteiger partial charge in [0.1, 0.15) is 5.75 Å². The zero-order chi connectivity index (χ0) is 16.2. The van der Waals surface area contributed by atoms with Crippen molar-refractivity contribution < 1.29 is 13.9 Å². The first-order valence-corrected chi connectivity index (χ1v) is 7.73. The number of ether oxygens (including phenoxy) is 1. The highest BCUT2D eigenvalue weighted by Gasteiger charge is 2.20. The minimum Gasteiger partial charge on any atom is -0.495 e. The fraction of sp³-hybridized carbons (Fsp3) is 0.133. The van der Waals surface area contributed by atoms with Gasteiger partial charge in [-0.05, 0) is 24.3 Å². The van der Waals surface area contributed by atoms with Crippen LogP contribution in [-0.4, -0.2) is 33.5 Å². The van der Waals surface area contributed by atoms with Gasteiger partial charge >= 0.3 is 0 Å². The Kier molecular flexibility index (Phi) is 4.33. The quantitative estimate of drug-likeness (QED) is 0.695. The lowest BCUT2D eigenvalue weighted by Crippen LogP contribution is -2.13. The second-order valence-electron chi connectivity index (χ2n) is 4.55. The van der Waals surface area contributed by atoms with Gasteiger partial charge in [0, 0.05) is 0 Å². The first kappa shape index (κ1) is 15.2. The number of para-hydroxylation sites is 2. The maximum absolute atomic E-state index is 11.1. The molecular formula is C15H14N4O3S. The molecule has 0 bridgehead atoms. The van der Waals surface area contributed by atoms with Gasteiger partial charge in [0.25, 0.3) is 0 Å². The molecule has 2 heterocycles. The Morgan fingerprint density at radius 2 is 2.13 bits per heavy atom. The lowest BCUT2D eigenvalue weighted by atomic mass is 10.3. The van der Waals surface area contributed by atoms with Crippen LogP contribution in [-0.2, 0) is 4.79 Å². The monoisotopic (exact) mass is 330 g/mol. The normalized spacial score (nSPS) is 10.7. The fourth-order valence-corrected chi connectivity index (χ4v) is 2.78. The number of nitrogens with two attached hydrogens (primary N) is 1. The maximum atomic E-state index is 11.1. The van der Waals surface area contributed by atoms with Gasteiger partial charge in [-0.1, -0.05) is 23.9 Å². The Morgan fingerprint density at radius 3 is 2.83 bits per heavy atom. The summed E-state index contributed by atoms with van der Waals surface area (Å²) in [6.07, 6.45) is 1.56. The predicted molar refractivity (Wildman–Crippen MR) is 85.5 cm³/mol. The average Bonchev–Trinajstić information content (AvgIpc) is 3.21. The highest BCUT2D eigenvalue weighted by Crippen LogP contribution is 2.32. The molecule has 0 atom stereocenters. The Bertz CT molecular complexity index is 814. The molecule has 0 aliphatic carbocycles. The van der Waals surface area contributed by atoms with E-state index >= 15 is 0 Å². The zero-order valence-electron chi connectivity index (χ0n) is 12.3.